The van der Waals surface area contributed by atoms with Gasteiger partial charge in [-0.2, -0.15) is 0 Å². The Hall–Kier alpha value is -3.19. The van der Waals surface area contributed by atoms with Gasteiger partial charge in [0.25, 0.3) is 5.91 Å². The lowest BCUT2D eigenvalue weighted by atomic mass is 10.1. The Morgan fingerprint density at radius 3 is 2.38 bits per heavy atom. The minimum atomic E-state index is -0.413. The number of carbonyl (C=O) groups is 2. The lowest BCUT2D eigenvalue weighted by Gasteiger charge is -2.10. The molecule has 7 heteroatoms. The van der Waals surface area contributed by atoms with Crippen molar-refractivity contribution < 1.29 is 14.3 Å². The molecule has 3 N–H and O–H groups in total. The molecular weight excluding hydrogens is 350 g/mol. The third kappa shape index (κ3) is 5.71. The summed E-state index contributed by atoms with van der Waals surface area (Å²) < 4.78 is 5.07. The molecule has 0 spiro atoms. The molecule has 0 aromatic heterocycles. The molecule has 0 saturated carbocycles. The second kappa shape index (κ2) is 9.33. The number of rotatable bonds is 4. The molecule has 2 rings (SSSR count). The first-order valence-electron chi connectivity index (χ1n) is 7.78. The summed E-state index contributed by atoms with van der Waals surface area (Å²) in [5.41, 5.74) is 7.15. The molecule has 0 saturated heterocycles. The highest BCUT2D eigenvalue weighted by molar-refractivity contribution is 7.80. The molecule has 0 aliphatic heterocycles. The van der Waals surface area contributed by atoms with Gasteiger partial charge in [-0.05, 0) is 54.5 Å². The topological polar surface area (TPSA) is 79.5 Å². The first-order chi connectivity index (χ1) is 12.5. The van der Waals surface area contributed by atoms with Crippen LogP contribution in [-0.4, -0.2) is 24.0 Å². The molecular formula is C19H19N3O3S. The molecule has 0 bridgehead atoms. The third-order valence-corrected chi connectivity index (χ3v) is 3.66. The Kier molecular flexibility index (Phi) is 6.87. The van der Waals surface area contributed by atoms with Crippen molar-refractivity contribution >= 4 is 35.2 Å². The van der Waals surface area contributed by atoms with Gasteiger partial charge in [0.05, 0.1) is 7.11 Å². The smallest absolute Gasteiger partial charge is 0.269 e. The summed E-state index contributed by atoms with van der Waals surface area (Å²) in [5.74, 6) is -0.0155. The SMILES string of the molecule is COc1ccc(/C=C/C(=O)NC(=S)NNC(=O)c2ccccc2C)cc1. The number of thiocarbonyl (C=S) groups is 1. The number of nitrogens with one attached hydrogen (secondary N) is 3. The van der Waals surface area contributed by atoms with Gasteiger partial charge >= 0.3 is 0 Å². The maximum absolute atomic E-state index is 12.0. The molecule has 0 radical (unpaired) electrons. The minimum Gasteiger partial charge on any atom is -0.497 e. The molecule has 0 unspecified atom stereocenters. The van der Waals surface area contributed by atoms with Gasteiger partial charge in [-0.1, -0.05) is 30.3 Å². The second-order valence-corrected chi connectivity index (χ2v) is 5.73. The number of hydrogen-bond acceptors (Lipinski definition) is 4. The number of aryl methyl sites for hydroxylation is 1. The highest BCUT2D eigenvalue weighted by Crippen LogP contribution is 2.12. The maximum Gasteiger partial charge on any atom is 0.269 e. The van der Waals surface area contributed by atoms with Crippen LogP contribution in [0.25, 0.3) is 6.08 Å². The number of methoxy groups -OCH3 is 1. The highest BCUT2D eigenvalue weighted by Gasteiger charge is 2.08. The van der Waals surface area contributed by atoms with Crippen molar-refractivity contribution in [1.29, 1.82) is 0 Å². The Labute approximate surface area is 157 Å². The van der Waals surface area contributed by atoms with Crippen molar-refractivity contribution in [3.63, 3.8) is 0 Å². The first kappa shape index (κ1) is 19.1. The lowest BCUT2D eigenvalue weighted by molar-refractivity contribution is -0.115. The Bertz CT molecular complexity index is 832. The molecule has 0 heterocycles. The van der Waals surface area contributed by atoms with E-state index in [-0.39, 0.29) is 11.0 Å². The van der Waals surface area contributed by atoms with E-state index < -0.39 is 5.91 Å². The predicted molar refractivity (Wildman–Crippen MR) is 105 cm³/mol. The number of hydrogen-bond donors (Lipinski definition) is 3. The first-order valence-corrected chi connectivity index (χ1v) is 8.19. The summed E-state index contributed by atoms with van der Waals surface area (Å²) in [5, 5.41) is 2.45. The van der Waals surface area contributed by atoms with Crippen LogP contribution in [0.15, 0.2) is 54.6 Å². The van der Waals surface area contributed by atoms with Crippen LogP contribution in [0.3, 0.4) is 0 Å². The Balaban J connectivity index is 1.81. The molecule has 6 nitrogen and oxygen atoms in total. The van der Waals surface area contributed by atoms with Gasteiger partial charge in [0.15, 0.2) is 5.11 Å². The molecule has 0 aliphatic rings. The van der Waals surface area contributed by atoms with Gasteiger partial charge in [0.1, 0.15) is 5.75 Å². The van der Waals surface area contributed by atoms with E-state index in [0.717, 1.165) is 16.9 Å². The zero-order valence-electron chi connectivity index (χ0n) is 14.4. The largest absolute Gasteiger partial charge is 0.497 e. The molecule has 2 aromatic carbocycles. The van der Waals surface area contributed by atoms with Crippen molar-refractivity contribution in [2.75, 3.05) is 7.11 Å². The molecule has 2 amide bonds. The van der Waals surface area contributed by atoms with Crippen molar-refractivity contribution in [1.82, 2.24) is 16.2 Å². The van der Waals surface area contributed by atoms with Crippen LogP contribution in [-0.2, 0) is 4.79 Å². The Morgan fingerprint density at radius 1 is 1.04 bits per heavy atom. The maximum atomic E-state index is 12.0. The number of hydrazine groups is 1. The van der Waals surface area contributed by atoms with Gasteiger partial charge in [-0.25, -0.2) is 0 Å². The van der Waals surface area contributed by atoms with Gasteiger partial charge in [0, 0.05) is 11.6 Å². The average molecular weight is 369 g/mol. The van der Waals surface area contributed by atoms with E-state index in [0.29, 0.717) is 5.56 Å². The van der Waals surface area contributed by atoms with E-state index in [1.165, 1.54) is 6.08 Å². The normalized spacial score (nSPS) is 10.2. The van der Waals surface area contributed by atoms with Gasteiger partial charge in [0.2, 0.25) is 5.91 Å². The van der Waals surface area contributed by atoms with E-state index in [1.54, 1.807) is 37.5 Å². The van der Waals surface area contributed by atoms with E-state index >= 15 is 0 Å². The van der Waals surface area contributed by atoms with Crippen LogP contribution in [0.4, 0.5) is 0 Å². The van der Waals surface area contributed by atoms with Crippen molar-refractivity contribution in [3.05, 3.63) is 71.3 Å². The number of amides is 2. The average Bonchev–Trinajstić information content (AvgIpc) is 2.65. The fourth-order valence-corrected chi connectivity index (χ4v) is 2.23. The van der Waals surface area contributed by atoms with Crippen LogP contribution in [0.5, 0.6) is 5.75 Å². The van der Waals surface area contributed by atoms with Crippen molar-refractivity contribution in [2.24, 2.45) is 0 Å². The Morgan fingerprint density at radius 2 is 1.73 bits per heavy atom. The highest BCUT2D eigenvalue weighted by atomic mass is 32.1. The minimum absolute atomic E-state index is 0.00341. The standard InChI is InChI=1S/C19H19N3O3S/c1-13-5-3-4-6-16(13)18(24)21-22-19(26)20-17(23)12-9-14-7-10-15(25-2)11-8-14/h3-12H,1-2H3,(H,21,24)(H2,20,22,23,26)/b12-9+. The zero-order valence-corrected chi connectivity index (χ0v) is 15.2. The molecule has 0 fully saturated rings. The summed E-state index contributed by atoms with van der Waals surface area (Å²) in [6, 6.07) is 14.4. The van der Waals surface area contributed by atoms with E-state index in [4.69, 9.17) is 17.0 Å². The fourth-order valence-electron chi connectivity index (χ4n) is 2.08. The molecule has 2 aromatic rings. The van der Waals surface area contributed by atoms with Crippen molar-refractivity contribution in [2.45, 2.75) is 6.92 Å². The van der Waals surface area contributed by atoms with Crippen LogP contribution in [0, 0.1) is 6.92 Å². The number of ether oxygens (including phenoxy) is 1. The number of benzene rings is 2. The van der Waals surface area contributed by atoms with E-state index in [2.05, 4.69) is 16.2 Å². The van der Waals surface area contributed by atoms with Crippen LogP contribution < -0.4 is 20.9 Å². The second-order valence-electron chi connectivity index (χ2n) is 5.32. The monoisotopic (exact) mass is 369 g/mol. The predicted octanol–water partition coefficient (Wildman–Crippen LogP) is 2.35. The summed E-state index contributed by atoms with van der Waals surface area (Å²) in [6.45, 7) is 1.83. The summed E-state index contributed by atoms with van der Waals surface area (Å²) in [4.78, 5) is 23.9. The zero-order chi connectivity index (χ0) is 18.9. The van der Waals surface area contributed by atoms with Crippen LogP contribution in [0.1, 0.15) is 21.5 Å². The van der Waals surface area contributed by atoms with Gasteiger partial charge in [-0.15, -0.1) is 0 Å². The van der Waals surface area contributed by atoms with Crippen LogP contribution >= 0.6 is 12.2 Å². The summed E-state index contributed by atoms with van der Waals surface area (Å²) >= 11 is 4.99. The summed E-state index contributed by atoms with van der Waals surface area (Å²) in [6.07, 6.45) is 2.99. The third-order valence-electron chi connectivity index (χ3n) is 3.46. The fraction of sp³-hybridized carbons (Fsp3) is 0.105. The van der Waals surface area contributed by atoms with Crippen molar-refractivity contribution in [3.8, 4) is 5.75 Å². The summed E-state index contributed by atoms with van der Waals surface area (Å²) in [7, 11) is 1.59. The molecule has 134 valence electrons. The van der Waals surface area contributed by atoms with Gasteiger partial charge in [-0.3, -0.25) is 25.8 Å². The van der Waals surface area contributed by atoms with Gasteiger partial charge < -0.3 is 4.74 Å². The van der Waals surface area contributed by atoms with E-state index in [1.807, 2.05) is 31.2 Å². The number of carbonyl (C=O) groups excluding carboxylic acids is 2. The molecule has 26 heavy (non-hydrogen) atoms. The van der Waals surface area contributed by atoms with E-state index in [9.17, 15) is 9.59 Å². The van der Waals surface area contributed by atoms with Crippen LogP contribution in [0.2, 0.25) is 0 Å². The lowest BCUT2D eigenvalue weighted by Crippen LogP contribution is -2.48. The molecule has 0 atom stereocenters. The quantitative estimate of drug-likeness (QED) is 0.438. The molecule has 0 aliphatic carbocycles.